The molecule has 0 atom stereocenters. The minimum Gasteiger partial charge on any atom is -0.336 e. The predicted molar refractivity (Wildman–Crippen MR) is 106 cm³/mol. The number of sulfonamides is 1. The van der Waals surface area contributed by atoms with Crippen LogP contribution in [0.25, 0.3) is 0 Å². The molecule has 2 aromatic carbocycles. The maximum Gasteiger partial charge on any atom is 0.254 e. The maximum atomic E-state index is 13.0. The fraction of sp³-hybridized carbons (Fsp3) is 0.381. The number of piperazine rings is 1. The zero-order chi connectivity index (χ0) is 19.8. The van der Waals surface area contributed by atoms with E-state index in [1.54, 1.807) is 29.2 Å². The summed E-state index contributed by atoms with van der Waals surface area (Å²) in [6, 6.07) is 10.9. The number of carbonyl (C=O) groups excluding carboxylic acids is 1. The van der Waals surface area contributed by atoms with Crippen molar-refractivity contribution in [2.45, 2.75) is 32.6 Å². The van der Waals surface area contributed by atoms with Gasteiger partial charge in [0.05, 0.1) is 4.90 Å². The van der Waals surface area contributed by atoms with Gasteiger partial charge in [-0.3, -0.25) is 4.79 Å². The van der Waals surface area contributed by atoms with E-state index >= 15 is 0 Å². The van der Waals surface area contributed by atoms with Crippen LogP contribution in [0.2, 0.25) is 0 Å². The van der Waals surface area contributed by atoms with Crippen molar-refractivity contribution in [1.82, 2.24) is 9.21 Å². The van der Waals surface area contributed by atoms with E-state index in [1.165, 1.54) is 4.31 Å². The van der Waals surface area contributed by atoms with E-state index in [-0.39, 0.29) is 5.91 Å². The van der Waals surface area contributed by atoms with Gasteiger partial charge >= 0.3 is 0 Å². The molecule has 0 saturated carbocycles. The molecule has 1 fully saturated rings. The summed E-state index contributed by atoms with van der Waals surface area (Å²) in [5.41, 5.74) is 4.82. The van der Waals surface area contributed by atoms with E-state index in [1.807, 2.05) is 39.8 Å². The van der Waals surface area contributed by atoms with Gasteiger partial charge < -0.3 is 4.90 Å². The number of rotatable bonds is 3. The number of carbonyl (C=O) groups is 1. The highest BCUT2D eigenvalue weighted by Gasteiger charge is 2.31. The van der Waals surface area contributed by atoms with Gasteiger partial charge in [-0.2, -0.15) is 4.31 Å². The lowest BCUT2D eigenvalue weighted by atomic mass is 9.98. The molecule has 0 N–H and O–H groups in total. The molecule has 3 rings (SSSR count). The van der Waals surface area contributed by atoms with Gasteiger partial charge in [0.2, 0.25) is 10.0 Å². The number of hydrogen-bond acceptors (Lipinski definition) is 3. The molecule has 0 radical (unpaired) electrons. The Morgan fingerprint density at radius 2 is 1.33 bits per heavy atom. The lowest BCUT2D eigenvalue weighted by molar-refractivity contribution is 0.0696. The third kappa shape index (κ3) is 3.92. The maximum absolute atomic E-state index is 13.0. The minimum absolute atomic E-state index is 0.0163. The molecule has 0 unspecified atom stereocenters. The highest BCUT2D eigenvalue weighted by molar-refractivity contribution is 7.89. The van der Waals surface area contributed by atoms with Crippen molar-refractivity contribution in [3.8, 4) is 0 Å². The molecule has 0 spiro atoms. The van der Waals surface area contributed by atoms with E-state index < -0.39 is 10.0 Å². The Balaban J connectivity index is 1.74. The van der Waals surface area contributed by atoms with Crippen molar-refractivity contribution < 1.29 is 13.2 Å². The van der Waals surface area contributed by atoms with Gasteiger partial charge in [0.25, 0.3) is 5.91 Å². The van der Waals surface area contributed by atoms with E-state index in [0.717, 1.165) is 27.8 Å². The van der Waals surface area contributed by atoms with Crippen molar-refractivity contribution >= 4 is 15.9 Å². The summed E-state index contributed by atoms with van der Waals surface area (Å²) < 4.78 is 27.1. The number of amides is 1. The molecule has 1 aliphatic heterocycles. The standard InChI is InChI=1S/C21H26N2O3S/c1-15-5-7-19(8-6-15)27(25,26)23-11-9-22(10-12-23)21(24)20-17(3)13-16(2)14-18(20)4/h5-8,13-14H,9-12H2,1-4H3. The van der Waals surface area contributed by atoms with E-state index in [9.17, 15) is 13.2 Å². The monoisotopic (exact) mass is 386 g/mol. The molecule has 1 saturated heterocycles. The molecule has 0 aromatic heterocycles. The molecule has 6 heteroatoms. The van der Waals surface area contributed by atoms with Crippen molar-refractivity contribution in [3.63, 3.8) is 0 Å². The van der Waals surface area contributed by atoms with E-state index in [4.69, 9.17) is 0 Å². The third-order valence-electron chi connectivity index (χ3n) is 5.08. The summed E-state index contributed by atoms with van der Waals surface area (Å²) in [5.74, 6) is -0.0163. The highest BCUT2D eigenvalue weighted by atomic mass is 32.2. The third-order valence-corrected chi connectivity index (χ3v) is 6.99. The molecule has 0 bridgehead atoms. The Kier molecular flexibility index (Phi) is 5.40. The lowest BCUT2D eigenvalue weighted by Gasteiger charge is -2.34. The van der Waals surface area contributed by atoms with Crippen LogP contribution in [0.3, 0.4) is 0 Å². The van der Waals surface area contributed by atoms with Gasteiger partial charge in [-0.1, -0.05) is 35.4 Å². The first-order valence-electron chi connectivity index (χ1n) is 9.14. The van der Waals surface area contributed by atoms with Crippen LogP contribution in [0.1, 0.15) is 32.6 Å². The molecule has 5 nitrogen and oxygen atoms in total. The van der Waals surface area contributed by atoms with Crippen molar-refractivity contribution in [1.29, 1.82) is 0 Å². The normalized spacial score (nSPS) is 15.8. The fourth-order valence-corrected chi connectivity index (χ4v) is 5.09. The van der Waals surface area contributed by atoms with Crippen LogP contribution >= 0.6 is 0 Å². The Hall–Kier alpha value is -2.18. The summed E-state index contributed by atoms with van der Waals surface area (Å²) in [7, 11) is -3.52. The van der Waals surface area contributed by atoms with Crippen LogP contribution in [-0.2, 0) is 10.0 Å². The summed E-state index contributed by atoms with van der Waals surface area (Å²) in [5, 5.41) is 0. The minimum atomic E-state index is -3.52. The topological polar surface area (TPSA) is 57.7 Å². The van der Waals surface area contributed by atoms with Crippen molar-refractivity contribution in [3.05, 3.63) is 64.2 Å². The smallest absolute Gasteiger partial charge is 0.254 e. The van der Waals surface area contributed by atoms with Crippen LogP contribution in [0.5, 0.6) is 0 Å². The first kappa shape index (κ1) is 19.6. The van der Waals surface area contributed by atoms with E-state index in [2.05, 4.69) is 0 Å². The average molecular weight is 387 g/mol. The van der Waals surface area contributed by atoms with Gasteiger partial charge in [-0.25, -0.2) is 8.42 Å². The number of hydrogen-bond donors (Lipinski definition) is 0. The molecule has 144 valence electrons. The number of nitrogens with zero attached hydrogens (tertiary/aromatic N) is 2. The zero-order valence-corrected chi connectivity index (χ0v) is 17.1. The molecule has 2 aromatic rings. The van der Waals surface area contributed by atoms with Gasteiger partial charge in [-0.05, 0) is 51.0 Å². The van der Waals surface area contributed by atoms with Crippen molar-refractivity contribution in [2.75, 3.05) is 26.2 Å². The molecular weight excluding hydrogens is 360 g/mol. The Labute approximate surface area is 161 Å². The quantitative estimate of drug-likeness (QED) is 0.815. The molecule has 27 heavy (non-hydrogen) atoms. The summed E-state index contributed by atoms with van der Waals surface area (Å²) in [4.78, 5) is 15.0. The van der Waals surface area contributed by atoms with Gasteiger partial charge in [0.15, 0.2) is 0 Å². The van der Waals surface area contributed by atoms with Gasteiger partial charge in [-0.15, -0.1) is 0 Å². The first-order valence-corrected chi connectivity index (χ1v) is 10.6. The zero-order valence-electron chi connectivity index (χ0n) is 16.3. The van der Waals surface area contributed by atoms with E-state index in [0.29, 0.717) is 31.1 Å². The lowest BCUT2D eigenvalue weighted by Crippen LogP contribution is -2.50. The highest BCUT2D eigenvalue weighted by Crippen LogP contribution is 2.22. The first-order chi connectivity index (χ1) is 12.7. The predicted octanol–water partition coefficient (Wildman–Crippen LogP) is 3.07. The van der Waals surface area contributed by atoms with Gasteiger partial charge in [0, 0.05) is 31.7 Å². The van der Waals surface area contributed by atoms with Crippen molar-refractivity contribution in [2.24, 2.45) is 0 Å². The summed E-state index contributed by atoms with van der Waals surface area (Å²) in [6.45, 7) is 9.26. The van der Waals surface area contributed by atoms with Crippen LogP contribution in [0.15, 0.2) is 41.3 Å². The SMILES string of the molecule is Cc1ccc(S(=O)(=O)N2CCN(C(=O)c3c(C)cc(C)cc3C)CC2)cc1. The van der Waals surface area contributed by atoms with Crippen LogP contribution in [0, 0.1) is 27.7 Å². The number of aryl methyl sites for hydroxylation is 4. The summed E-state index contributed by atoms with van der Waals surface area (Å²) >= 11 is 0. The molecule has 1 aliphatic rings. The van der Waals surface area contributed by atoms with Crippen LogP contribution < -0.4 is 0 Å². The Morgan fingerprint density at radius 3 is 1.85 bits per heavy atom. The Bertz CT molecular complexity index is 934. The summed E-state index contributed by atoms with van der Waals surface area (Å²) in [6.07, 6.45) is 0. The molecule has 1 amide bonds. The molecule has 1 heterocycles. The largest absolute Gasteiger partial charge is 0.336 e. The second-order valence-electron chi connectivity index (χ2n) is 7.28. The fourth-order valence-electron chi connectivity index (χ4n) is 3.67. The average Bonchev–Trinajstić information content (AvgIpc) is 2.61. The van der Waals surface area contributed by atoms with Crippen LogP contribution in [-0.4, -0.2) is 49.7 Å². The molecule has 0 aliphatic carbocycles. The Morgan fingerprint density at radius 1 is 0.815 bits per heavy atom. The second kappa shape index (κ2) is 7.44. The number of benzene rings is 2. The van der Waals surface area contributed by atoms with Crippen LogP contribution in [0.4, 0.5) is 0 Å². The molecular formula is C21H26N2O3S. The second-order valence-corrected chi connectivity index (χ2v) is 9.22. The van der Waals surface area contributed by atoms with Gasteiger partial charge in [0.1, 0.15) is 0 Å².